The van der Waals surface area contributed by atoms with E-state index in [0.717, 1.165) is 10.9 Å². The highest BCUT2D eigenvalue weighted by atomic mass is 79.9. The van der Waals surface area contributed by atoms with Crippen LogP contribution < -0.4 is 0 Å². The van der Waals surface area contributed by atoms with Crippen LogP contribution >= 0.6 is 43.5 Å². The number of hydrogen-bond donors (Lipinski definition) is 0. The molecule has 0 spiro atoms. The van der Waals surface area contributed by atoms with Crippen molar-refractivity contribution in [3.8, 4) is 0 Å². The molecule has 3 heteroatoms. The number of alkyl halides is 3. The first-order valence-corrected chi connectivity index (χ1v) is 6.20. The predicted octanol–water partition coefficient (Wildman–Crippen LogP) is 4.26. The fourth-order valence-corrected chi connectivity index (χ4v) is 1.76. The molecule has 0 aliphatic carbocycles. The predicted molar refractivity (Wildman–Crippen MR) is 61.5 cm³/mol. The van der Waals surface area contributed by atoms with Crippen LogP contribution in [0.5, 0.6) is 0 Å². The molecule has 0 aliphatic heterocycles. The second-order valence-electron chi connectivity index (χ2n) is 2.50. The summed E-state index contributed by atoms with van der Waals surface area (Å²) in [6.07, 6.45) is 0. The van der Waals surface area contributed by atoms with Crippen molar-refractivity contribution < 1.29 is 0 Å². The summed E-state index contributed by atoms with van der Waals surface area (Å²) < 4.78 is 0. The minimum atomic E-state index is 0.391. The standard InChI is InChI=1S/C9H9Br2Cl/c10-5-9(11)8-3-1-7(6-12)2-4-8/h1-4,9H,5-6H2. The lowest BCUT2D eigenvalue weighted by Crippen LogP contribution is -1.90. The Labute approximate surface area is 94.6 Å². The smallest absolute Gasteiger partial charge is 0.0492 e. The molecule has 0 N–H and O–H groups in total. The largest absolute Gasteiger partial charge is 0.122 e. The summed E-state index contributed by atoms with van der Waals surface area (Å²) in [6.45, 7) is 0. The molecule has 12 heavy (non-hydrogen) atoms. The molecule has 0 saturated carbocycles. The van der Waals surface area contributed by atoms with Crippen LogP contribution in [0, 0.1) is 0 Å². The topological polar surface area (TPSA) is 0 Å². The third-order valence-electron chi connectivity index (χ3n) is 1.63. The molecule has 1 unspecified atom stereocenters. The lowest BCUT2D eigenvalue weighted by atomic mass is 10.1. The molecule has 0 fully saturated rings. The summed E-state index contributed by atoms with van der Waals surface area (Å²) in [4.78, 5) is 0.391. The van der Waals surface area contributed by atoms with Crippen molar-refractivity contribution in [2.75, 3.05) is 5.33 Å². The fourth-order valence-electron chi connectivity index (χ4n) is 0.905. The maximum absolute atomic E-state index is 5.67. The Bertz CT molecular complexity index is 233. The lowest BCUT2D eigenvalue weighted by molar-refractivity contribution is 1.15. The maximum Gasteiger partial charge on any atom is 0.0492 e. The van der Waals surface area contributed by atoms with Crippen LogP contribution in [-0.2, 0) is 5.88 Å². The van der Waals surface area contributed by atoms with Crippen LogP contribution in [0.4, 0.5) is 0 Å². The number of hydrogen-bond acceptors (Lipinski definition) is 0. The van der Waals surface area contributed by atoms with Gasteiger partial charge < -0.3 is 0 Å². The van der Waals surface area contributed by atoms with E-state index >= 15 is 0 Å². The summed E-state index contributed by atoms with van der Waals surface area (Å²) >= 11 is 12.6. The van der Waals surface area contributed by atoms with Gasteiger partial charge >= 0.3 is 0 Å². The SMILES string of the molecule is ClCc1ccc(C(Br)CBr)cc1. The summed E-state index contributed by atoms with van der Waals surface area (Å²) in [5.74, 6) is 0.585. The molecule has 0 heterocycles. The summed E-state index contributed by atoms with van der Waals surface area (Å²) in [6, 6.07) is 8.30. The van der Waals surface area contributed by atoms with E-state index in [1.165, 1.54) is 5.56 Å². The molecule has 1 aromatic rings. The molecule has 66 valence electrons. The van der Waals surface area contributed by atoms with Crippen molar-refractivity contribution in [1.82, 2.24) is 0 Å². The van der Waals surface area contributed by atoms with E-state index in [1.54, 1.807) is 0 Å². The first-order chi connectivity index (χ1) is 5.77. The van der Waals surface area contributed by atoms with E-state index in [1.807, 2.05) is 0 Å². The molecular weight excluding hydrogens is 303 g/mol. The molecule has 0 saturated heterocycles. The van der Waals surface area contributed by atoms with Gasteiger partial charge in [0.15, 0.2) is 0 Å². The van der Waals surface area contributed by atoms with Crippen LogP contribution in [0.3, 0.4) is 0 Å². The van der Waals surface area contributed by atoms with Crippen molar-refractivity contribution >= 4 is 43.5 Å². The van der Waals surface area contributed by atoms with E-state index in [-0.39, 0.29) is 0 Å². The third-order valence-corrected chi connectivity index (χ3v) is 4.31. The van der Waals surface area contributed by atoms with Crippen LogP contribution in [0.15, 0.2) is 24.3 Å². The van der Waals surface area contributed by atoms with Gasteiger partial charge in [0.1, 0.15) is 0 Å². The average Bonchev–Trinajstić information content (AvgIpc) is 2.17. The second-order valence-corrected chi connectivity index (χ2v) is 4.52. The van der Waals surface area contributed by atoms with Gasteiger partial charge in [-0.05, 0) is 11.1 Å². The van der Waals surface area contributed by atoms with Gasteiger partial charge in [0, 0.05) is 16.0 Å². The normalized spacial score (nSPS) is 12.9. The summed E-state index contributed by atoms with van der Waals surface area (Å²) in [5, 5.41) is 0.924. The van der Waals surface area contributed by atoms with Gasteiger partial charge in [-0.2, -0.15) is 0 Å². The zero-order valence-corrected chi connectivity index (χ0v) is 10.4. The van der Waals surface area contributed by atoms with E-state index in [9.17, 15) is 0 Å². The second kappa shape index (κ2) is 5.25. The molecule has 0 bridgehead atoms. The van der Waals surface area contributed by atoms with Crippen LogP contribution in [-0.4, -0.2) is 5.33 Å². The van der Waals surface area contributed by atoms with E-state index in [2.05, 4.69) is 56.1 Å². The van der Waals surface area contributed by atoms with Gasteiger partial charge in [0.05, 0.1) is 0 Å². The quantitative estimate of drug-likeness (QED) is 0.732. The van der Waals surface area contributed by atoms with Gasteiger partial charge in [-0.15, -0.1) is 11.6 Å². The lowest BCUT2D eigenvalue weighted by Gasteiger charge is -2.05. The van der Waals surface area contributed by atoms with Gasteiger partial charge in [-0.3, -0.25) is 0 Å². The van der Waals surface area contributed by atoms with Crippen molar-refractivity contribution in [3.63, 3.8) is 0 Å². The van der Waals surface area contributed by atoms with Crippen molar-refractivity contribution in [2.45, 2.75) is 10.7 Å². The van der Waals surface area contributed by atoms with Crippen LogP contribution in [0.2, 0.25) is 0 Å². The first-order valence-electron chi connectivity index (χ1n) is 3.62. The Balaban J connectivity index is 2.77. The van der Waals surface area contributed by atoms with Gasteiger partial charge in [0.25, 0.3) is 0 Å². The summed E-state index contributed by atoms with van der Waals surface area (Å²) in [7, 11) is 0. The number of halogens is 3. The summed E-state index contributed by atoms with van der Waals surface area (Å²) in [5.41, 5.74) is 2.44. The monoisotopic (exact) mass is 310 g/mol. The molecule has 1 aromatic carbocycles. The van der Waals surface area contributed by atoms with E-state index in [4.69, 9.17) is 11.6 Å². The molecule has 0 aromatic heterocycles. The fraction of sp³-hybridized carbons (Fsp3) is 0.333. The molecule has 0 amide bonds. The highest BCUT2D eigenvalue weighted by Gasteiger charge is 2.03. The average molecular weight is 312 g/mol. The third kappa shape index (κ3) is 2.75. The Kier molecular flexibility index (Phi) is 4.62. The molecule has 1 rings (SSSR count). The van der Waals surface area contributed by atoms with Crippen molar-refractivity contribution in [3.05, 3.63) is 35.4 Å². The Morgan fingerprint density at radius 2 is 1.83 bits per heavy atom. The van der Waals surface area contributed by atoms with Crippen molar-refractivity contribution in [2.24, 2.45) is 0 Å². The van der Waals surface area contributed by atoms with Gasteiger partial charge in [-0.1, -0.05) is 56.1 Å². The van der Waals surface area contributed by atoms with Gasteiger partial charge in [-0.25, -0.2) is 0 Å². The molecule has 0 aliphatic rings. The Morgan fingerprint density at radius 3 is 2.25 bits per heavy atom. The number of benzene rings is 1. The van der Waals surface area contributed by atoms with Crippen LogP contribution in [0.25, 0.3) is 0 Å². The van der Waals surface area contributed by atoms with Crippen molar-refractivity contribution in [1.29, 1.82) is 0 Å². The highest BCUT2D eigenvalue weighted by Crippen LogP contribution is 2.24. The molecule has 0 radical (unpaired) electrons. The first kappa shape index (κ1) is 10.6. The molecule has 0 nitrogen and oxygen atoms in total. The maximum atomic E-state index is 5.67. The van der Waals surface area contributed by atoms with Crippen LogP contribution in [0.1, 0.15) is 16.0 Å². The number of rotatable bonds is 3. The van der Waals surface area contributed by atoms with E-state index in [0.29, 0.717) is 10.7 Å². The molecular formula is C9H9Br2Cl. The minimum absolute atomic E-state index is 0.391. The highest BCUT2D eigenvalue weighted by molar-refractivity contribution is 9.12. The van der Waals surface area contributed by atoms with Gasteiger partial charge in [0.2, 0.25) is 0 Å². The minimum Gasteiger partial charge on any atom is -0.122 e. The van der Waals surface area contributed by atoms with E-state index < -0.39 is 0 Å². The Hall–Kier alpha value is 0.470. The Morgan fingerprint density at radius 1 is 1.25 bits per heavy atom. The zero-order chi connectivity index (χ0) is 8.97. The molecule has 1 atom stereocenters. The zero-order valence-electron chi connectivity index (χ0n) is 6.43.